The van der Waals surface area contributed by atoms with E-state index in [2.05, 4.69) is 0 Å². The predicted octanol–water partition coefficient (Wildman–Crippen LogP) is 2.85. The summed E-state index contributed by atoms with van der Waals surface area (Å²) in [6.07, 6.45) is 0. The van der Waals surface area contributed by atoms with E-state index in [4.69, 9.17) is 5.73 Å². The van der Waals surface area contributed by atoms with Crippen molar-refractivity contribution in [2.75, 3.05) is 12.3 Å². The minimum absolute atomic E-state index is 0.288. The van der Waals surface area contributed by atoms with E-state index in [0.717, 1.165) is 4.88 Å². The Morgan fingerprint density at radius 1 is 1.25 bits per heavy atom. The molecule has 0 spiro atoms. The van der Waals surface area contributed by atoms with Crippen molar-refractivity contribution in [1.82, 2.24) is 4.31 Å². The van der Waals surface area contributed by atoms with Crippen LogP contribution in [0.1, 0.15) is 17.4 Å². The first kappa shape index (κ1) is 15.0. The summed E-state index contributed by atoms with van der Waals surface area (Å²) in [5.74, 6) is 0. The van der Waals surface area contributed by atoms with Gasteiger partial charge in [-0.2, -0.15) is 4.31 Å². The fraction of sp³-hybridized carbons (Fsp3) is 0.286. The number of sulfonamides is 1. The number of nitrogen functional groups attached to an aromatic ring is 1. The lowest BCUT2D eigenvalue weighted by Crippen LogP contribution is -2.30. The van der Waals surface area contributed by atoms with Gasteiger partial charge in [-0.05, 0) is 36.1 Å². The fourth-order valence-corrected chi connectivity index (χ4v) is 4.48. The van der Waals surface area contributed by atoms with Crippen LogP contribution in [0.3, 0.4) is 0 Å². The lowest BCUT2D eigenvalue weighted by Gasteiger charge is -2.21. The van der Waals surface area contributed by atoms with Crippen molar-refractivity contribution in [2.45, 2.75) is 25.3 Å². The highest BCUT2D eigenvalue weighted by atomic mass is 32.2. The van der Waals surface area contributed by atoms with Gasteiger partial charge >= 0.3 is 0 Å². The monoisotopic (exact) mass is 310 g/mol. The number of benzene rings is 1. The highest BCUT2D eigenvalue weighted by Crippen LogP contribution is 2.25. The Bertz CT molecular complexity index is 679. The maximum atomic E-state index is 12.7. The van der Waals surface area contributed by atoms with Crippen LogP contribution in [0.25, 0.3) is 0 Å². The third-order valence-corrected chi connectivity index (χ3v) is 6.14. The molecule has 0 unspecified atom stereocenters. The molecular formula is C14H18N2O2S2. The average Bonchev–Trinajstić information content (AvgIpc) is 2.91. The van der Waals surface area contributed by atoms with Gasteiger partial charge in [0.1, 0.15) is 0 Å². The Kier molecular flexibility index (Phi) is 4.47. The largest absolute Gasteiger partial charge is 0.398 e. The van der Waals surface area contributed by atoms with Crippen LogP contribution in [0.15, 0.2) is 40.6 Å². The topological polar surface area (TPSA) is 63.4 Å². The number of thiophene rings is 1. The first-order chi connectivity index (χ1) is 9.46. The number of rotatable bonds is 5. The Hall–Kier alpha value is -1.37. The molecule has 0 fully saturated rings. The summed E-state index contributed by atoms with van der Waals surface area (Å²) in [6, 6.07) is 8.86. The Balaban J connectivity index is 2.39. The molecule has 0 saturated carbocycles. The van der Waals surface area contributed by atoms with Crippen molar-refractivity contribution < 1.29 is 8.42 Å². The zero-order valence-electron chi connectivity index (χ0n) is 11.5. The molecule has 0 radical (unpaired) electrons. The molecule has 0 atom stereocenters. The zero-order chi connectivity index (χ0) is 14.8. The van der Waals surface area contributed by atoms with Gasteiger partial charge in [-0.3, -0.25) is 0 Å². The van der Waals surface area contributed by atoms with E-state index < -0.39 is 10.0 Å². The first-order valence-corrected chi connectivity index (χ1v) is 8.66. The molecule has 0 aliphatic carbocycles. The predicted molar refractivity (Wildman–Crippen MR) is 83.2 cm³/mol. The van der Waals surface area contributed by atoms with Crippen LogP contribution < -0.4 is 5.73 Å². The Labute approximate surface area is 123 Å². The summed E-state index contributed by atoms with van der Waals surface area (Å²) in [4.78, 5) is 1.31. The first-order valence-electron chi connectivity index (χ1n) is 6.34. The van der Waals surface area contributed by atoms with Gasteiger partial charge in [0.25, 0.3) is 0 Å². The second-order valence-electron chi connectivity index (χ2n) is 4.48. The van der Waals surface area contributed by atoms with E-state index in [1.807, 2.05) is 24.4 Å². The summed E-state index contributed by atoms with van der Waals surface area (Å²) in [5, 5.41) is 1.95. The summed E-state index contributed by atoms with van der Waals surface area (Å²) in [6.45, 7) is 4.40. The van der Waals surface area contributed by atoms with E-state index in [1.165, 1.54) is 4.31 Å². The van der Waals surface area contributed by atoms with E-state index >= 15 is 0 Å². The second kappa shape index (κ2) is 5.95. The van der Waals surface area contributed by atoms with Crippen LogP contribution in [0.2, 0.25) is 0 Å². The lowest BCUT2D eigenvalue weighted by atomic mass is 10.2. The minimum Gasteiger partial charge on any atom is -0.398 e. The van der Waals surface area contributed by atoms with Gasteiger partial charge in [0.05, 0.1) is 4.90 Å². The van der Waals surface area contributed by atoms with E-state index in [0.29, 0.717) is 24.3 Å². The SMILES string of the molecule is CCN(Cc1cccs1)S(=O)(=O)c1cccc(N)c1C. The van der Waals surface area contributed by atoms with Crippen LogP contribution in [0, 0.1) is 6.92 Å². The maximum absolute atomic E-state index is 12.7. The zero-order valence-corrected chi connectivity index (χ0v) is 13.2. The van der Waals surface area contributed by atoms with Gasteiger partial charge in [0, 0.05) is 23.7 Å². The average molecular weight is 310 g/mol. The standard InChI is InChI=1S/C14H18N2O2S2/c1-3-16(10-12-6-5-9-19-12)20(17,18)14-8-4-7-13(15)11(14)2/h4-9H,3,10,15H2,1-2H3. The van der Waals surface area contributed by atoms with E-state index in [-0.39, 0.29) is 4.90 Å². The molecule has 2 rings (SSSR count). The molecule has 0 aliphatic heterocycles. The molecule has 0 saturated heterocycles. The van der Waals surface area contributed by atoms with Crippen LogP contribution >= 0.6 is 11.3 Å². The van der Waals surface area contributed by atoms with Crippen molar-refractivity contribution in [1.29, 1.82) is 0 Å². The molecule has 0 amide bonds. The molecule has 6 heteroatoms. The van der Waals surface area contributed by atoms with Crippen molar-refractivity contribution in [2.24, 2.45) is 0 Å². The fourth-order valence-electron chi connectivity index (χ4n) is 1.99. The van der Waals surface area contributed by atoms with Gasteiger partial charge in [-0.15, -0.1) is 11.3 Å². The normalized spacial score (nSPS) is 11.9. The molecule has 2 aromatic rings. The van der Waals surface area contributed by atoms with Gasteiger partial charge in [-0.25, -0.2) is 8.42 Å². The molecule has 4 nitrogen and oxygen atoms in total. The quantitative estimate of drug-likeness (QED) is 0.864. The maximum Gasteiger partial charge on any atom is 0.243 e. The molecule has 108 valence electrons. The van der Waals surface area contributed by atoms with Gasteiger partial charge < -0.3 is 5.73 Å². The molecule has 1 aromatic carbocycles. The second-order valence-corrected chi connectivity index (χ2v) is 7.42. The highest BCUT2D eigenvalue weighted by Gasteiger charge is 2.25. The number of hydrogen-bond donors (Lipinski definition) is 1. The number of nitrogens with zero attached hydrogens (tertiary/aromatic N) is 1. The molecule has 20 heavy (non-hydrogen) atoms. The van der Waals surface area contributed by atoms with Gasteiger partial charge in [-0.1, -0.05) is 19.1 Å². The molecule has 0 bridgehead atoms. The molecule has 1 heterocycles. The number of nitrogens with two attached hydrogens (primary N) is 1. The third-order valence-electron chi connectivity index (χ3n) is 3.21. The molecule has 1 aromatic heterocycles. The summed E-state index contributed by atoms with van der Waals surface area (Å²) >= 11 is 1.55. The van der Waals surface area contributed by atoms with Gasteiger partial charge in [0.2, 0.25) is 10.0 Å². The van der Waals surface area contributed by atoms with Crippen molar-refractivity contribution in [3.05, 3.63) is 46.2 Å². The summed E-state index contributed by atoms with van der Waals surface area (Å²) < 4.78 is 26.9. The van der Waals surface area contributed by atoms with E-state index in [1.54, 1.807) is 36.5 Å². The number of anilines is 1. The minimum atomic E-state index is -3.52. The summed E-state index contributed by atoms with van der Waals surface area (Å²) in [7, 11) is -3.52. The number of hydrogen-bond acceptors (Lipinski definition) is 4. The molecule has 2 N–H and O–H groups in total. The van der Waals surface area contributed by atoms with E-state index in [9.17, 15) is 8.42 Å². The van der Waals surface area contributed by atoms with Crippen LogP contribution in [-0.4, -0.2) is 19.3 Å². The lowest BCUT2D eigenvalue weighted by molar-refractivity contribution is 0.426. The third kappa shape index (κ3) is 2.87. The van der Waals surface area contributed by atoms with Gasteiger partial charge in [0.15, 0.2) is 0 Å². The van der Waals surface area contributed by atoms with Crippen molar-refractivity contribution >= 4 is 27.0 Å². The highest BCUT2D eigenvalue weighted by molar-refractivity contribution is 7.89. The molecular weight excluding hydrogens is 292 g/mol. The summed E-state index contributed by atoms with van der Waals surface area (Å²) in [5.41, 5.74) is 6.92. The van der Waals surface area contributed by atoms with Crippen LogP contribution in [0.5, 0.6) is 0 Å². The Morgan fingerprint density at radius 3 is 2.60 bits per heavy atom. The smallest absolute Gasteiger partial charge is 0.243 e. The van der Waals surface area contributed by atoms with Crippen LogP contribution in [0.4, 0.5) is 5.69 Å². The van der Waals surface area contributed by atoms with Crippen molar-refractivity contribution in [3.8, 4) is 0 Å². The molecule has 0 aliphatic rings. The van der Waals surface area contributed by atoms with Crippen LogP contribution in [-0.2, 0) is 16.6 Å². The van der Waals surface area contributed by atoms with Crippen molar-refractivity contribution in [3.63, 3.8) is 0 Å². The Morgan fingerprint density at radius 2 is 2.00 bits per heavy atom.